The molecule has 2 aromatic rings. The van der Waals surface area contributed by atoms with Crippen molar-refractivity contribution in [1.82, 2.24) is 4.90 Å². The molecule has 1 atom stereocenters. The van der Waals surface area contributed by atoms with Crippen LogP contribution >= 0.6 is 11.3 Å². The summed E-state index contributed by atoms with van der Waals surface area (Å²) in [6, 6.07) is 8.44. The molecule has 0 saturated carbocycles. The second kappa shape index (κ2) is 4.78. The van der Waals surface area contributed by atoms with Crippen molar-refractivity contribution < 1.29 is 9.18 Å². The molecule has 2 nitrogen and oxygen atoms in total. The van der Waals surface area contributed by atoms with Gasteiger partial charge in [-0.3, -0.25) is 4.79 Å². The molecule has 98 valence electrons. The fourth-order valence-electron chi connectivity index (χ4n) is 2.66. The van der Waals surface area contributed by atoms with E-state index in [1.165, 1.54) is 22.6 Å². The molecular formula is C15H14FNOS. The maximum atomic E-state index is 13.1. The Bertz CT molecular complexity index is 605. The molecule has 0 bridgehead atoms. The van der Waals surface area contributed by atoms with Crippen molar-refractivity contribution in [2.24, 2.45) is 0 Å². The lowest BCUT2D eigenvalue weighted by Crippen LogP contribution is -2.38. The van der Waals surface area contributed by atoms with Gasteiger partial charge in [0.2, 0.25) is 5.91 Å². The zero-order valence-corrected chi connectivity index (χ0v) is 11.4. The summed E-state index contributed by atoms with van der Waals surface area (Å²) >= 11 is 1.73. The third-order valence-electron chi connectivity index (χ3n) is 3.56. The average Bonchev–Trinajstić information content (AvgIpc) is 2.86. The van der Waals surface area contributed by atoms with E-state index in [9.17, 15) is 9.18 Å². The molecule has 2 heterocycles. The average molecular weight is 275 g/mol. The number of amides is 1. The van der Waals surface area contributed by atoms with Crippen LogP contribution in [-0.4, -0.2) is 17.4 Å². The molecule has 0 spiro atoms. The maximum Gasteiger partial charge on any atom is 0.220 e. The summed E-state index contributed by atoms with van der Waals surface area (Å²) in [6.45, 7) is 2.32. The first-order valence-corrected chi connectivity index (χ1v) is 7.13. The smallest absolute Gasteiger partial charge is 0.220 e. The third-order valence-corrected chi connectivity index (χ3v) is 4.55. The van der Waals surface area contributed by atoms with Crippen molar-refractivity contribution >= 4 is 17.2 Å². The van der Waals surface area contributed by atoms with Crippen LogP contribution in [0.5, 0.6) is 0 Å². The molecule has 4 heteroatoms. The summed E-state index contributed by atoms with van der Waals surface area (Å²) in [5, 5.41) is 2.06. The number of fused-ring (bicyclic) bond motifs is 1. The molecule has 1 aromatic heterocycles. The van der Waals surface area contributed by atoms with Crippen molar-refractivity contribution in [3.63, 3.8) is 0 Å². The van der Waals surface area contributed by atoms with Gasteiger partial charge in [-0.2, -0.15) is 0 Å². The minimum Gasteiger partial charge on any atom is -0.331 e. The normalized spacial score (nSPS) is 18.2. The fourth-order valence-corrected chi connectivity index (χ4v) is 3.56. The number of hydrogen-bond acceptors (Lipinski definition) is 2. The molecule has 0 radical (unpaired) electrons. The Kier molecular flexibility index (Phi) is 3.11. The van der Waals surface area contributed by atoms with E-state index in [1.54, 1.807) is 30.4 Å². The van der Waals surface area contributed by atoms with Crippen molar-refractivity contribution in [2.45, 2.75) is 19.4 Å². The van der Waals surface area contributed by atoms with E-state index in [2.05, 4.69) is 11.4 Å². The first kappa shape index (κ1) is 12.4. The second-order valence-corrected chi connectivity index (χ2v) is 5.72. The minimum absolute atomic E-state index is 0.0613. The molecular weight excluding hydrogens is 261 g/mol. The van der Waals surface area contributed by atoms with Crippen molar-refractivity contribution in [2.75, 3.05) is 6.54 Å². The highest BCUT2D eigenvalue weighted by Crippen LogP contribution is 2.37. The molecule has 0 unspecified atom stereocenters. The third kappa shape index (κ3) is 2.16. The Balaban J connectivity index is 2.08. The Labute approximate surface area is 115 Å². The van der Waals surface area contributed by atoms with Crippen LogP contribution in [0.4, 0.5) is 4.39 Å². The van der Waals surface area contributed by atoms with Crippen LogP contribution < -0.4 is 0 Å². The zero-order valence-electron chi connectivity index (χ0n) is 10.6. The van der Waals surface area contributed by atoms with Gasteiger partial charge in [0.15, 0.2) is 0 Å². The van der Waals surface area contributed by atoms with Gasteiger partial charge in [-0.15, -0.1) is 11.3 Å². The van der Waals surface area contributed by atoms with Crippen LogP contribution in [-0.2, 0) is 11.2 Å². The predicted molar refractivity (Wildman–Crippen MR) is 73.7 cm³/mol. The van der Waals surface area contributed by atoms with Crippen LogP contribution in [0.1, 0.15) is 29.0 Å². The number of thiophene rings is 1. The van der Waals surface area contributed by atoms with Gasteiger partial charge in [-0.1, -0.05) is 12.1 Å². The van der Waals surface area contributed by atoms with Gasteiger partial charge in [-0.05, 0) is 41.1 Å². The summed E-state index contributed by atoms with van der Waals surface area (Å²) < 4.78 is 13.1. The highest BCUT2D eigenvalue weighted by molar-refractivity contribution is 7.10. The second-order valence-electron chi connectivity index (χ2n) is 4.72. The zero-order chi connectivity index (χ0) is 13.4. The SMILES string of the molecule is CC(=O)N1CCc2sccc2[C@@H]1c1ccc(F)cc1. The molecule has 1 aliphatic rings. The number of carbonyl (C=O) groups excluding carboxylic acids is 1. The lowest BCUT2D eigenvalue weighted by Gasteiger charge is -2.35. The lowest BCUT2D eigenvalue weighted by molar-refractivity contribution is -0.130. The quantitative estimate of drug-likeness (QED) is 0.781. The van der Waals surface area contributed by atoms with E-state index in [1.807, 2.05) is 4.90 Å². The summed E-state index contributed by atoms with van der Waals surface area (Å²) in [5.41, 5.74) is 2.15. The van der Waals surface area contributed by atoms with Gasteiger partial charge in [0, 0.05) is 18.3 Å². The van der Waals surface area contributed by atoms with Crippen LogP contribution in [0.2, 0.25) is 0 Å². The number of hydrogen-bond donors (Lipinski definition) is 0. The number of halogens is 1. The first-order chi connectivity index (χ1) is 9.16. The van der Waals surface area contributed by atoms with Gasteiger partial charge in [0.25, 0.3) is 0 Å². The summed E-state index contributed by atoms with van der Waals surface area (Å²) in [4.78, 5) is 15.0. The molecule has 1 aromatic carbocycles. The molecule has 0 aliphatic carbocycles. The van der Waals surface area contributed by atoms with Crippen molar-refractivity contribution in [3.8, 4) is 0 Å². The highest BCUT2D eigenvalue weighted by atomic mass is 32.1. The van der Waals surface area contributed by atoms with E-state index in [0.29, 0.717) is 0 Å². The van der Waals surface area contributed by atoms with Crippen LogP contribution in [0.3, 0.4) is 0 Å². The Hall–Kier alpha value is -1.68. The molecule has 0 saturated heterocycles. The Morgan fingerprint density at radius 2 is 2.05 bits per heavy atom. The van der Waals surface area contributed by atoms with Gasteiger partial charge in [-0.25, -0.2) is 4.39 Å². The van der Waals surface area contributed by atoms with E-state index in [0.717, 1.165) is 18.5 Å². The number of nitrogens with zero attached hydrogens (tertiary/aromatic N) is 1. The van der Waals surface area contributed by atoms with E-state index >= 15 is 0 Å². The lowest BCUT2D eigenvalue weighted by atomic mass is 9.93. The molecule has 3 rings (SSSR count). The van der Waals surface area contributed by atoms with Gasteiger partial charge >= 0.3 is 0 Å². The largest absolute Gasteiger partial charge is 0.331 e. The summed E-state index contributed by atoms with van der Waals surface area (Å²) in [5.74, 6) is -0.189. The standard InChI is InChI=1S/C15H14FNOS/c1-10(18)17-8-6-14-13(7-9-19-14)15(17)11-2-4-12(16)5-3-11/h2-5,7,9,15H,6,8H2,1H3/t15-/m0/s1. The molecule has 0 N–H and O–H groups in total. The number of benzene rings is 1. The molecule has 19 heavy (non-hydrogen) atoms. The van der Waals surface area contributed by atoms with Crippen molar-refractivity contribution in [1.29, 1.82) is 0 Å². The monoisotopic (exact) mass is 275 g/mol. The van der Waals surface area contributed by atoms with Crippen LogP contribution in [0, 0.1) is 5.82 Å². The summed E-state index contributed by atoms with van der Waals surface area (Å²) in [6.07, 6.45) is 0.907. The Morgan fingerprint density at radius 1 is 1.32 bits per heavy atom. The van der Waals surface area contributed by atoms with Crippen molar-refractivity contribution in [3.05, 3.63) is 57.5 Å². The fraction of sp³-hybridized carbons (Fsp3) is 0.267. The van der Waals surface area contributed by atoms with Gasteiger partial charge < -0.3 is 4.90 Å². The van der Waals surface area contributed by atoms with E-state index in [-0.39, 0.29) is 17.8 Å². The van der Waals surface area contributed by atoms with Gasteiger partial charge in [0.05, 0.1) is 6.04 Å². The molecule has 1 amide bonds. The summed E-state index contributed by atoms with van der Waals surface area (Å²) in [7, 11) is 0. The first-order valence-electron chi connectivity index (χ1n) is 6.26. The maximum absolute atomic E-state index is 13.1. The van der Waals surface area contributed by atoms with E-state index in [4.69, 9.17) is 0 Å². The van der Waals surface area contributed by atoms with Gasteiger partial charge in [0.1, 0.15) is 5.82 Å². The number of carbonyl (C=O) groups is 1. The van der Waals surface area contributed by atoms with Crippen LogP contribution in [0.25, 0.3) is 0 Å². The minimum atomic E-state index is -0.250. The molecule has 1 aliphatic heterocycles. The Morgan fingerprint density at radius 3 is 2.74 bits per heavy atom. The topological polar surface area (TPSA) is 20.3 Å². The van der Waals surface area contributed by atoms with E-state index < -0.39 is 0 Å². The highest BCUT2D eigenvalue weighted by Gasteiger charge is 2.30. The molecule has 0 fully saturated rings. The number of rotatable bonds is 1. The van der Waals surface area contributed by atoms with Crippen LogP contribution in [0.15, 0.2) is 35.7 Å². The predicted octanol–water partition coefficient (Wildman–Crippen LogP) is 3.38.